The Morgan fingerprint density at radius 1 is 1.28 bits per heavy atom. The summed E-state index contributed by atoms with van der Waals surface area (Å²) in [6, 6.07) is 0. The topological polar surface area (TPSA) is 69.6 Å². The Labute approximate surface area is 108 Å². The first kappa shape index (κ1) is 13.3. The van der Waals surface area contributed by atoms with Crippen molar-refractivity contribution in [3.63, 3.8) is 0 Å². The maximum absolute atomic E-state index is 12.0. The van der Waals surface area contributed by atoms with E-state index in [0.717, 1.165) is 25.9 Å². The summed E-state index contributed by atoms with van der Waals surface area (Å²) in [5.41, 5.74) is 0. The molecule has 18 heavy (non-hydrogen) atoms. The second-order valence-corrected chi connectivity index (χ2v) is 5.64. The number of carboxylic acids is 1. The summed E-state index contributed by atoms with van der Waals surface area (Å²) >= 11 is 0. The highest BCUT2D eigenvalue weighted by Crippen LogP contribution is 2.32. The van der Waals surface area contributed by atoms with E-state index in [1.807, 2.05) is 0 Å². The molecule has 0 aromatic rings. The van der Waals surface area contributed by atoms with Gasteiger partial charge in [0.1, 0.15) is 0 Å². The normalized spacial score (nSPS) is 32.6. The molecular weight excluding hydrogens is 232 g/mol. The number of carbonyl (C=O) groups excluding carboxylic acids is 1. The van der Waals surface area contributed by atoms with E-state index in [2.05, 4.69) is 17.3 Å². The van der Waals surface area contributed by atoms with Gasteiger partial charge in [0, 0.05) is 13.1 Å². The van der Waals surface area contributed by atoms with E-state index in [9.17, 15) is 9.59 Å². The monoisotopic (exact) mass is 254 g/mol. The van der Waals surface area contributed by atoms with Crippen molar-refractivity contribution >= 4 is 11.9 Å². The minimum atomic E-state index is -0.826. The van der Waals surface area contributed by atoms with Gasteiger partial charge < -0.3 is 15.3 Å². The van der Waals surface area contributed by atoms with Gasteiger partial charge in [-0.2, -0.15) is 0 Å². The van der Waals surface area contributed by atoms with E-state index in [4.69, 9.17) is 5.11 Å². The van der Waals surface area contributed by atoms with E-state index in [-0.39, 0.29) is 11.8 Å². The highest BCUT2D eigenvalue weighted by atomic mass is 16.4. The van der Waals surface area contributed by atoms with E-state index in [1.165, 1.54) is 0 Å². The Morgan fingerprint density at radius 2 is 2.00 bits per heavy atom. The van der Waals surface area contributed by atoms with Crippen molar-refractivity contribution in [3.8, 4) is 0 Å². The fourth-order valence-corrected chi connectivity index (χ4v) is 3.14. The minimum absolute atomic E-state index is 0.0607. The zero-order valence-corrected chi connectivity index (χ0v) is 10.9. The van der Waals surface area contributed by atoms with Gasteiger partial charge in [0.15, 0.2) is 0 Å². The number of hydrogen-bond acceptors (Lipinski definition) is 3. The van der Waals surface area contributed by atoms with Crippen LogP contribution in [-0.4, -0.2) is 48.6 Å². The predicted octanol–water partition coefficient (Wildman–Crippen LogP) is 0.555. The summed E-state index contributed by atoms with van der Waals surface area (Å²) in [4.78, 5) is 25.3. The number of rotatable bonds is 4. The van der Waals surface area contributed by atoms with Gasteiger partial charge in [-0.15, -0.1) is 0 Å². The molecule has 5 nitrogen and oxygen atoms in total. The van der Waals surface area contributed by atoms with Gasteiger partial charge in [-0.3, -0.25) is 9.59 Å². The van der Waals surface area contributed by atoms with Gasteiger partial charge in [-0.25, -0.2) is 0 Å². The maximum atomic E-state index is 12.0. The van der Waals surface area contributed by atoms with Gasteiger partial charge in [0.25, 0.3) is 0 Å². The molecule has 2 fully saturated rings. The van der Waals surface area contributed by atoms with Gasteiger partial charge in [-0.1, -0.05) is 6.42 Å². The number of aliphatic carboxylic acids is 1. The van der Waals surface area contributed by atoms with E-state index in [0.29, 0.717) is 25.3 Å². The molecule has 1 saturated carbocycles. The lowest BCUT2D eigenvalue weighted by atomic mass is 9.95. The van der Waals surface area contributed by atoms with Crippen LogP contribution in [-0.2, 0) is 9.59 Å². The molecule has 0 spiro atoms. The van der Waals surface area contributed by atoms with Crippen LogP contribution in [0.25, 0.3) is 0 Å². The standard InChI is InChI=1S/C13H22N2O3/c1-15-6-5-9(8-15)7-14-12(16)10-3-2-4-11(10)13(17)18/h9-11H,2-8H2,1H3,(H,14,16)(H,17,18)/t9?,10-,11+/m1/s1. The van der Waals surface area contributed by atoms with E-state index in [1.54, 1.807) is 0 Å². The Bertz CT molecular complexity index is 332. The van der Waals surface area contributed by atoms with Crippen molar-refractivity contribution in [3.05, 3.63) is 0 Å². The fourth-order valence-electron chi connectivity index (χ4n) is 3.14. The lowest BCUT2D eigenvalue weighted by Crippen LogP contribution is -2.38. The number of carbonyl (C=O) groups is 2. The molecule has 0 bridgehead atoms. The Morgan fingerprint density at radius 3 is 2.61 bits per heavy atom. The third kappa shape index (κ3) is 3.02. The molecule has 2 N–H and O–H groups in total. The quantitative estimate of drug-likeness (QED) is 0.769. The number of hydrogen-bond donors (Lipinski definition) is 2. The second-order valence-electron chi connectivity index (χ2n) is 5.64. The van der Waals surface area contributed by atoms with Crippen molar-refractivity contribution in [2.24, 2.45) is 17.8 Å². The van der Waals surface area contributed by atoms with Crippen LogP contribution in [0.15, 0.2) is 0 Å². The molecule has 1 aliphatic carbocycles. The third-order valence-corrected chi connectivity index (χ3v) is 4.22. The van der Waals surface area contributed by atoms with E-state index >= 15 is 0 Å². The molecular formula is C13H22N2O3. The number of nitrogens with one attached hydrogen (secondary N) is 1. The van der Waals surface area contributed by atoms with Crippen molar-refractivity contribution in [2.75, 3.05) is 26.7 Å². The molecule has 0 aromatic heterocycles. The lowest BCUT2D eigenvalue weighted by Gasteiger charge is -2.17. The first-order valence-corrected chi connectivity index (χ1v) is 6.77. The second kappa shape index (κ2) is 5.69. The lowest BCUT2D eigenvalue weighted by molar-refractivity contribution is -0.146. The number of amides is 1. The summed E-state index contributed by atoms with van der Waals surface area (Å²) < 4.78 is 0. The van der Waals surface area contributed by atoms with Crippen LogP contribution in [0.3, 0.4) is 0 Å². The molecule has 102 valence electrons. The average molecular weight is 254 g/mol. The average Bonchev–Trinajstić information content (AvgIpc) is 2.94. The summed E-state index contributed by atoms with van der Waals surface area (Å²) in [6.07, 6.45) is 3.32. The summed E-state index contributed by atoms with van der Waals surface area (Å²) in [5.74, 6) is -1.16. The molecule has 1 unspecified atom stereocenters. The molecule has 0 aromatic carbocycles. The molecule has 1 amide bonds. The van der Waals surface area contributed by atoms with Crippen LogP contribution >= 0.6 is 0 Å². The zero-order valence-electron chi connectivity index (χ0n) is 10.9. The Hall–Kier alpha value is -1.10. The van der Waals surface area contributed by atoms with Crippen LogP contribution in [0, 0.1) is 17.8 Å². The summed E-state index contributed by atoms with van der Waals surface area (Å²) in [7, 11) is 2.08. The molecule has 1 saturated heterocycles. The molecule has 2 rings (SSSR count). The molecule has 0 radical (unpaired) electrons. The third-order valence-electron chi connectivity index (χ3n) is 4.22. The van der Waals surface area contributed by atoms with Crippen LogP contribution < -0.4 is 5.32 Å². The fraction of sp³-hybridized carbons (Fsp3) is 0.846. The number of carboxylic acid groups (broad SMARTS) is 1. The summed E-state index contributed by atoms with van der Waals surface area (Å²) in [6.45, 7) is 2.79. The minimum Gasteiger partial charge on any atom is -0.481 e. The predicted molar refractivity (Wildman–Crippen MR) is 67.1 cm³/mol. The summed E-state index contributed by atoms with van der Waals surface area (Å²) in [5, 5.41) is 12.0. The van der Waals surface area contributed by atoms with Crippen LogP contribution in [0.5, 0.6) is 0 Å². The number of nitrogens with zero attached hydrogens (tertiary/aromatic N) is 1. The van der Waals surface area contributed by atoms with Crippen molar-refractivity contribution in [2.45, 2.75) is 25.7 Å². The van der Waals surface area contributed by atoms with Crippen molar-refractivity contribution in [1.82, 2.24) is 10.2 Å². The van der Waals surface area contributed by atoms with Gasteiger partial charge >= 0.3 is 5.97 Å². The largest absolute Gasteiger partial charge is 0.481 e. The van der Waals surface area contributed by atoms with E-state index < -0.39 is 11.9 Å². The zero-order chi connectivity index (χ0) is 13.1. The molecule has 2 aliphatic rings. The van der Waals surface area contributed by atoms with Gasteiger partial charge in [0.2, 0.25) is 5.91 Å². The first-order chi connectivity index (χ1) is 8.58. The molecule has 1 heterocycles. The van der Waals surface area contributed by atoms with Crippen molar-refractivity contribution in [1.29, 1.82) is 0 Å². The highest BCUT2D eigenvalue weighted by molar-refractivity contribution is 5.85. The van der Waals surface area contributed by atoms with Crippen LogP contribution in [0.2, 0.25) is 0 Å². The highest BCUT2D eigenvalue weighted by Gasteiger charge is 2.37. The van der Waals surface area contributed by atoms with Crippen LogP contribution in [0.1, 0.15) is 25.7 Å². The molecule has 1 aliphatic heterocycles. The van der Waals surface area contributed by atoms with Crippen molar-refractivity contribution < 1.29 is 14.7 Å². The van der Waals surface area contributed by atoms with Gasteiger partial charge in [-0.05, 0) is 38.8 Å². The SMILES string of the molecule is CN1CCC(CNC(=O)[C@@H]2CCC[C@@H]2C(=O)O)C1. The Kier molecular flexibility index (Phi) is 4.22. The molecule has 5 heteroatoms. The van der Waals surface area contributed by atoms with Crippen LogP contribution in [0.4, 0.5) is 0 Å². The van der Waals surface area contributed by atoms with Gasteiger partial charge in [0.05, 0.1) is 11.8 Å². The number of likely N-dealkylation sites (tertiary alicyclic amines) is 1. The Balaban J connectivity index is 1.79. The maximum Gasteiger partial charge on any atom is 0.307 e. The molecule has 3 atom stereocenters. The smallest absolute Gasteiger partial charge is 0.307 e. The first-order valence-electron chi connectivity index (χ1n) is 6.77.